The van der Waals surface area contributed by atoms with Crippen LogP contribution in [0.2, 0.25) is 0 Å². The van der Waals surface area contributed by atoms with Gasteiger partial charge < -0.3 is 19.5 Å². The summed E-state index contributed by atoms with van der Waals surface area (Å²) in [6.07, 6.45) is 1.34. The maximum absolute atomic E-state index is 12.3. The van der Waals surface area contributed by atoms with Gasteiger partial charge in [0.15, 0.2) is 6.04 Å². The molecule has 1 unspecified atom stereocenters. The Kier molecular flexibility index (Phi) is 7.03. The molecule has 1 fully saturated rings. The van der Waals surface area contributed by atoms with E-state index in [9.17, 15) is 9.59 Å². The van der Waals surface area contributed by atoms with Crippen molar-refractivity contribution in [3.63, 3.8) is 0 Å². The van der Waals surface area contributed by atoms with Crippen molar-refractivity contribution >= 4 is 12.1 Å². The lowest BCUT2D eigenvalue weighted by atomic mass is 9.90. The summed E-state index contributed by atoms with van der Waals surface area (Å²) in [6.45, 7) is 8.84. The van der Waals surface area contributed by atoms with Crippen LogP contribution in [-0.4, -0.2) is 37.5 Å². The highest BCUT2D eigenvalue weighted by Gasteiger charge is 2.27. The van der Waals surface area contributed by atoms with Gasteiger partial charge in [0, 0.05) is 13.2 Å². The number of alkyl carbamates (subject to hydrolysis) is 1. The van der Waals surface area contributed by atoms with Crippen molar-refractivity contribution in [2.45, 2.75) is 58.1 Å². The number of hydrogen-bond acceptors (Lipinski definition) is 5. The van der Waals surface area contributed by atoms with Gasteiger partial charge in [-0.2, -0.15) is 0 Å². The predicted octanol–water partition coefficient (Wildman–Crippen LogP) is 3.71. The third-order valence-electron chi connectivity index (χ3n) is 4.15. The highest BCUT2D eigenvalue weighted by atomic mass is 16.6. The molecule has 1 heterocycles. The standard InChI is InChI=1S/C20H29NO5/c1-5-25-18(22)17(21-19(23)26-20(2,3)4)16-8-6-14(7-9-16)15-10-12-24-13-11-15/h6-9,15,17H,5,10-13H2,1-4H3,(H,21,23). The summed E-state index contributed by atoms with van der Waals surface area (Å²) in [7, 11) is 0. The first kappa shape index (κ1) is 20.2. The van der Waals surface area contributed by atoms with E-state index >= 15 is 0 Å². The molecule has 26 heavy (non-hydrogen) atoms. The monoisotopic (exact) mass is 363 g/mol. The number of amides is 1. The molecule has 0 saturated carbocycles. The first-order chi connectivity index (χ1) is 12.3. The molecule has 2 rings (SSSR count). The third kappa shape index (κ3) is 6.02. The van der Waals surface area contributed by atoms with Gasteiger partial charge in [-0.1, -0.05) is 24.3 Å². The van der Waals surface area contributed by atoms with Crippen LogP contribution in [0.4, 0.5) is 4.79 Å². The Hall–Kier alpha value is -2.08. The molecule has 0 radical (unpaired) electrons. The molecular formula is C20H29NO5. The van der Waals surface area contributed by atoms with Gasteiger partial charge in [0.2, 0.25) is 0 Å². The molecule has 6 nitrogen and oxygen atoms in total. The van der Waals surface area contributed by atoms with Crippen LogP contribution in [0.15, 0.2) is 24.3 Å². The smallest absolute Gasteiger partial charge is 0.408 e. The van der Waals surface area contributed by atoms with Crippen LogP contribution < -0.4 is 5.32 Å². The molecule has 6 heteroatoms. The number of nitrogens with one attached hydrogen (secondary N) is 1. The molecule has 1 aliphatic rings. The van der Waals surface area contributed by atoms with Crippen molar-refractivity contribution in [2.75, 3.05) is 19.8 Å². The molecule has 0 aromatic heterocycles. The Bertz CT molecular complexity index is 600. The van der Waals surface area contributed by atoms with Crippen molar-refractivity contribution in [2.24, 2.45) is 0 Å². The van der Waals surface area contributed by atoms with Crippen molar-refractivity contribution in [3.05, 3.63) is 35.4 Å². The van der Waals surface area contributed by atoms with Gasteiger partial charge >= 0.3 is 12.1 Å². The van der Waals surface area contributed by atoms with E-state index in [4.69, 9.17) is 14.2 Å². The molecule has 1 atom stereocenters. The summed E-state index contributed by atoms with van der Waals surface area (Å²) in [5, 5.41) is 2.62. The molecule has 0 aliphatic carbocycles. The van der Waals surface area contributed by atoms with Gasteiger partial charge in [-0.15, -0.1) is 0 Å². The van der Waals surface area contributed by atoms with E-state index in [2.05, 4.69) is 5.32 Å². The molecule has 0 bridgehead atoms. The highest BCUT2D eigenvalue weighted by molar-refractivity contribution is 5.82. The number of carbonyl (C=O) groups is 2. The van der Waals surface area contributed by atoms with Crippen molar-refractivity contribution < 1.29 is 23.8 Å². The summed E-state index contributed by atoms with van der Waals surface area (Å²) in [4.78, 5) is 24.4. The Morgan fingerprint density at radius 1 is 1.19 bits per heavy atom. The average molecular weight is 363 g/mol. The predicted molar refractivity (Wildman–Crippen MR) is 98.0 cm³/mol. The van der Waals surface area contributed by atoms with Crippen LogP contribution in [0.3, 0.4) is 0 Å². The summed E-state index contributed by atoms with van der Waals surface area (Å²) in [5.41, 5.74) is 1.25. The van der Waals surface area contributed by atoms with Crippen molar-refractivity contribution in [3.8, 4) is 0 Å². The first-order valence-corrected chi connectivity index (χ1v) is 9.14. The van der Waals surface area contributed by atoms with Crippen LogP contribution >= 0.6 is 0 Å². The maximum atomic E-state index is 12.3. The molecule has 0 spiro atoms. The summed E-state index contributed by atoms with van der Waals surface area (Å²) < 4.78 is 15.8. The minimum absolute atomic E-state index is 0.242. The second kappa shape index (κ2) is 9.03. The normalized spacial score (nSPS) is 16.6. The number of benzene rings is 1. The van der Waals surface area contributed by atoms with Gasteiger partial charge in [0.05, 0.1) is 6.61 Å². The Labute approximate surface area is 155 Å². The zero-order valence-electron chi connectivity index (χ0n) is 16.0. The summed E-state index contributed by atoms with van der Waals surface area (Å²) in [5.74, 6) is -0.0326. The summed E-state index contributed by atoms with van der Waals surface area (Å²) >= 11 is 0. The molecule has 1 aliphatic heterocycles. The van der Waals surface area contributed by atoms with Gasteiger partial charge in [0.25, 0.3) is 0 Å². The second-order valence-electron chi connectivity index (χ2n) is 7.38. The van der Waals surface area contributed by atoms with E-state index in [0.29, 0.717) is 11.5 Å². The molecule has 1 aromatic carbocycles. The van der Waals surface area contributed by atoms with Crippen LogP contribution in [-0.2, 0) is 19.0 Å². The van der Waals surface area contributed by atoms with E-state index in [0.717, 1.165) is 26.1 Å². The number of ether oxygens (including phenoxy) is 3. The Morgan fingerprint density at radius 2 is 1.81 bits per heavy atom. The van der Waals surface area contributed by atoms with E-state index < -0.39 is 23.7 Å². The first-order valence-electron chi connectivity index (χ1n) is 9.14. The second-order valence-corrected chi connectivity index (χ2v) is 7.38. The molecule has 1 amide bonds. The fourth-order valence-corrected chi connectivity index (χ4v) is 2.92. The van der Waals surface area contributed by atoms with Gasteiger partial charge in [-0.3, -0.25) is 0 Å². The lowest BCUT2D eigenvalue weighted by molar-refractivity contribution is -0.145. The zero-order valence-corrected chi connectivity index (χ0v) is 16.0. The molecule has 1 N–H and O–H groups in total. The third-order valence-corrected chi connectivity index (χ3v) is 4.15. The fourth-order valence-electron chi connectivity index (χ4n) is 2.92. The summed E-state index contributed by atoms with van der Waals surface area (Å²) in [6, 6.07) is 6.85. The van der Waals surface area contributed by atoms with E-state index in [1.807, 2.05) is 24.3 Å². The Morgan fingerprint density at radius 3 is 2.35 bits per heavy atom. The lowest BCUT2D eigenvalue weighted by Crippen LogP contribution is -2.38. The van der Waals surface area contributed by atoms with Gasteiger partial charge in [0.1, 0.15) is 5.60 Å². The molecule has 1 aromatic rings. The van der Waals surface area contributed by atoms with Crippen molar-refractivity contribution in [1.82, 2.24) is 5.32 Å². The molecule has 144 valence electrons. The van der Waals surface area contributed by atoms with Gasteiger partial charge in [-0.25, -0.2) is 9.59 Å². The highest BCUT2D eigenvalue weighted by Crippen LogP contribution is 2.28. The van der Waals surface area contributed by atoms with Crippen LogP contribution in [0.1, 0.15) is 63.6 Å². The minimum Gasteiger partial charge on any atom is -0.464 e. The van der Waals surface area contributed by atoms with E-state index in [1.54, 1.807) is 27.7 Å². The van der Waals surface area contributed by atoms with Crippen LogP contribution in [0, 0.1) is 0 Å². The molecular weight excluding hydrogens is 334 g/mol. The van der Waals surface area contributed by atoms with E-state index in [-0.39, 0.29) is 6.61 Å². The maximum Gasteiger partial charge on any atom is 0.408 e. The largest absolute Gasteiger partial charge is 0.464 e. The zero-order chi connectivity index (χ0) is 19.2. The molecule has 1 saturated heterocycles. The fraction of sp³-hybridized carbons (Fsp3) is 0.600. The number of hydrogen-bond donors (Lipinski definition) is 1. The van der Waals surface area contributed by atoms with Gasteiger partial charge in [-0.05, 0) is 57.6 Å². The number of carbonyl (C=O) groups excluding carboxylic acids is 2. The lowest BCUT2D eigenvalue weighted by Gasteiger charge is -2.24. The van der Waals surface area contributed by atoms with Crippen molar-refractivity contribution in [1.29, 1.82) is 0 Å². The van der Waals surface area contributed by atoms with E-state index in [1.165, 1.54) is 5.56 Å². The SMILES string of the molecule is CCOC(=O)C(NC(=O)OC(C)(C)C)c1ccc(C2CCOCC2)cc1. The topological polar surface area (TPSA) is 73.9 Å². The van der Waals surface area contributed by atoms with Crippen LogP contribution in [0.25, 0.3) is 0 Å². The Balaban J connectivity index is 2.13. The quantitative estimate of drug-likeness (QED) is 0.807. The minimum atomic E-state index is -0.895. The number of rotatable bonds is 5. The average Bonchev–Trinajstić information content (AvgIpc) is 2.59. The number of esters is 1. The van der Waals surface area contributed by atoms with Crippen LogP contribution in [0.5, 0.6) is 0 Å².